The van der Waals surface area contributed by atoms with Crippen molar-refractivity contribution in [3.63, 3.8) is 0 Å². The Bertz CT molecular complexity index is 724. The summed E-state index contributed by atoms with van der Waals surface area (Å²) in [6.07, 6.45) is -4.83. The highest BCUT2D eigenvalue weighted by Gasteiger charge is 2.60. The molecule has 0 N–H and O–H groups in total. The minimum absolute atomic E-state index is 0.132. The molecule has 118 valence electrons. The number of halogens is 5. The SMILES string of the molecule is Cc1cc(-n2ccc(C(F)(F)C(F)(F)F)n2)ccc1[N+](=O)[O-]. The topological polar surface area (TPSA) is 61.0 Å². The largest absolute Gasteiger partial charge is 0.459 e. The molecule has 1 aromatic heterocycles. The van der Waals surface area contributed by atoms with Crippen molar-refractivity contribution >= 4 is 5.69 Å². The third-order valence-electron chi connectivity index (χ3n) is 2.91. The monoisotopic (exact) mass is 321 g/mol. The maximum absolute atomic E-state index is 13.2. The number of nitro groups is 1. The molecule has 0 radical (unpaired) electrons. The number of aromatic nitrogens is 2. The van der Waals surface area contributed by atoms with Crippen molar-refractivity contribution < 1.29 is 26.9 Å². The fourth-order valence-electron chi connectivity index (χ4n) is 1.77. The van der Waals surface area contributed by atoms with Crippen LogP contribution in [0.3, 0.4) is 0 Å². The standard InChI is InChI=1S/C12H8F5N3O2/c1-7-6-8(2-3-9(7)20(21)22)19-5-4-10(18-19)11(13,14)12(15,16)17/h2-6H,1H3. The van der Waals surface area contributed by atoms with Gasteiger partial charge in [-0.25, -0.2) is 4.68 Å². The Morgan fingerprint density at radius 1 is 1.18 bits per heavy atom. The number of aryl methyl sites for hydroxylation is 1. The molecule has 0 saturated heterocycles. The van der Waals surface area contributed by atoms with Crippen molar-refractivity contribution in [1.29, 1.82) is 0 Å². The first-order valence-corrected chi connectivity index (χ1v) is 5.80. The van der Waals surface area contributed by atoms with Gasteiger partial charge in [0.2, 0.25) is 0 Å². The van der Waals surface area contributed by atoms with Gasteiger partial charge in [0.1, 0.15) is 5.69 Å². The number of nitrogens with zero attached hydrogens (tertiary/aromatic N) is 3. The summed E-state index contributed by atoms with van der Waals surface area (Å²) < 4.78 is 63.9. The Kier molecular flexibility index (Phi) is 3.63. The van der Waals surface area contributed by atoms with Crippen molar-refractivity contribution in [2.75, 3.05) is 0 Å². The highest BCUT2D eigenvalue weighted by molar-refractivity contribution is 5.47. The second-order valence-electron chi connectivity index (χ2n) is 4.45. The molecule has 0 fully saturated rings. The maximum Gasteiger partial charge on any atom is 0.459 e. The summed E-state index contributed by atoms with van der Waals surface area (Å²) in [5, 5.41) is 13.9. The molecule has 0 aliphatic carbocycles. The van der Waals surface area contributed by atoms with Gasteiger partial charge in [-0.15, -0.1) is 0 Å². The van der Waals surface area contributed by atoms with Crippen molar-refractivity contribution in [2.45, 2.75) is 19.0 Å². The van der Waals surface area contributed by atoms with Gasteiger partial charge in [0.15, 0.2) is 0 Å². The highest BCUT2D eigenvalue weighted by Crippen LogP contribution is 2.43. The molecule has 0 spiro atoms. The van der Waals surface area contributed by atoms with Gasteiger partial charge in [-0.1, -0.05) is 0 Å². The summed E-state index contributed by atoms with van der Waals surface area (Å²) in [7, 11) is 0. The first kappa shape index (κ1) is 15.9. The first-order valence-electron chi connectivity index (χ1n) is 5.80. The van der Waals surface area contributed by atoms with Gasteiger partial charge in [0.05, 0.1) is 10.6 Å². The molecule has 0 atom stereocenters. The van der Waals surface area contributed by atoms with E-state index in [1.54, 1.807) is 0 Å². The van der Waals surface area contributed by atoms with Crippen molar-refractivity contribution in [1.82, 2.24) is 9.78 Å². The lowest BCUT2D eigenvalue weighted by molar-refractivity contribution is -0.385. The van der Waals surface area contributed by atoms with Crippen molar-refractivity contribution in [3.8, 4) is 5.69 Å². The van der Waals surface area contributed by atoms with E-state index in [1.807, 2.05) is 0 Å². The number of alkyl halides is 5. The van der Waals surface area contributed by atoms with E-state index in [4.69, 9.17) is 0 Å². The molecule has 0 unspecified atom stereocenters. The van der Waals surface area contributed by atoms with E-state index in [-0.39, 0.29) is 16.9 Å². The summed E-state index contributed by atoms with van der Waals surface area (Å²) >= 11 is 0. The molecular weight excluding hydrogens is 313 g/mol. The Labute approximate surface area is 120 Å². The van der Waals surface area contributed by atoms with E-state index in [0.29, 0.717) is 6.07 Å². The Morgan fingerprint density at radius 2 is 1.82 bits per heavy atom. The molecule has 2 rings (SSSR count). The van der Waals surface area contributed by atoms with E-state index in [0.717, 1.165) is 16.9 Å². The van der Waals surface area contributed by atoms with Gasteiger partial charge >= 0.3 is 12.1 Å². The summed E-state index contributed by atoms with van der Waals surface area (Å²) in [5.41, 5.74) is -1.29. The Balaban J connectivity index is 2.41. The molecule has 10 heteroatoms. The zero-order valence-electron chi connectivity index (χ0n) is 10.9. The Hall–Kier alpha value is -2.52. The molecule has 0 bridgehead atoms. The van der Waals surface area contributed by atoms with Crippen LogP contribution in [-0.4, -0.2) is 20.9 Å². The van der Waals surface area contributed by atoms with Crippen LogP contribution < -0.4 is 0 Å². The van der Waals surface area contributed by atoms with Gasteiger partial charge in [-0.2, -0.15) is 27.1 Å². The predicted octanol–water partition coefficient (Wildman–Crippen LogP) is 3.74. The summed E-state index contributed by atoms with van der Waals surface area (Å²) in [6, 6.07) is 4.13. The minimum Gasteiger partial charge on any atom is -0.258 e. The third kappa shape index (κ3) is 2.63. The zero-order chi connectivity index (χ0) is 16.7. The van der Waals surface area contributed by atoms with E-state index < -0.39 is 22.7 Å². The maximum atomic E-state index is 13.2. The first-order chi connectivity index (χ1) is 10.0. The van der Waals surface area contributed by atoms with Crippen LogP contribution in [0.5, 0.6) is 0 Å². The number of rotatable bonds is 3. The quantitative estimate of drug-likeness (QED) is 0.491. The van der Waals surface area contributed by atoms with Crippen LogP contribution in [0.2, 0.25) is 0 Å². The van der Waals surface area contributed by atoms with Crippen LogP contribution in [0.25, 0.3) is 5.69 Å². The third-order valence-corrected chi connectivity index (χ3v) is 2.91. The minimum atomic E-state index is -5.75. The van der Waals surface area contributed by atoms with Crippen molar-refractivity contribution in [3.05, 3.63) is 51.8 Å². The smallest absolute Gasteiger partial charge is 0.258 e. The van der Waals surface area contributed by atoms with Gasteiger partial charge in [-0.05, 0) is 25.1 Å². The second-order valence-corrected chi connectivity index (χ2v) is 4.45. The molecule has 0 saturated carbocycles. The molecule has 2 aromatic rings. The van der Waals surface area contributed by atoms with E-state index >= 15 is 0 Å². The molecule has 0 aliphatic rings. The number of hydrogen-bond acceptors (Lipinski definition) is 3. The van der Waals surface area contributed by atoms with Crippen LogP contribution in [0.15, 0.2) is 30.5 Å². The summed E-state index contributed by atoms with van der Waals surface area (Å²) in [6.45, 7) is 1.41. The highest BCUT2D eigenvalue weighted by atomic mass is 19.4. The molecule has 1 heterocycles. The van der Waals surface area contributed by atoms with Crippen LogP contribution in [0, 0.1) is 17.0 Å². The van der Waals surface area contributed by atoms with E-state index in [1.165, 1.54) is 19.1 Å². The van der Waals surface area contributed by atoms with Gasteiger partial charge in [0, 0.05) is 17.8 Å². The van der Waals surface area contributed by atoms with Gasteiger partial charge in [0.25, 0.3) is 5.69 Å². The van der Waals surface area contributed by atoms with Gasteiger partial charge < -0.3 is 0 Å². The number of hydrogen-bond donors (Lipinski definition) is 0. The van der Waals surface area contributed by atoms with Crippen molar-refractivity contribution in [2.24, 2.45) is 0 Å². The lowest BCUT2D eigenvalue weighted by Crippen LogP contribution is -2.34. The fourth-order valence-corrected chi connectivity index (χ4v) is 1.77. The molecule has 0 aliphatic heterocycles. The second kappa shape index (κ2) is 5.04. The fraction of sp³-hybridized carbons (Fsp3) is 0.250. The molecule has 5 nitrogen and oxygen atoms in total. The summed E-state index contributed by atoms with van der Waals surface area (Å²) in [4.78, 5) is 10.0. The average molecular weight is 321 g/mol. The molecular formula is C12H8F5N3O2. The predicted molar refractivity (Wildman–Crippen MR) is 64.9 cm³/mol. The van der Waals surface area contributed by atoms with E-state index in [2.05, 4.69) is 5.10 Å². The van der Waals surface area contributed by atoms with Gasteiger partial charge in [-0.3, -0.25) is 10.1 Å². The molecule has 0 amide bonds. The number of benzene rings is 1. The number of nitro benzene ring substituents is 1. The normalized spacial score (nSPS) is 12.5. The van der Waals surface area contributed by atoms with Crippen LogP contribution >= 0.6 is 0 Å². The van der Waals surface area contributed by atoms with E-state index in [9.17, 15) is 32.1 Å². The lowest BCUT2D eigenvalue weighted by Gasteiger charge is -2.16. The summed E-state index contributed by atoms with van der Waals surface area (Å²) in [5.74, 6) is -5.08. The lowest BCUT2D eigenvalue weighted by atomic mass is 10.2. The van der Waals surface area contributed by atoms with Crippen LogP contribution in [-0.2, 0) is 5.92 Å². The average Bonchev–Trinajstić information content (AvgIpc) is 2.86. The Morgan fingerprint density at radius 3 is 2.32 bits per heavy atom. The zero-order valence-corrected chi connectivity index (χ0v) is 10.9. The molecule has 22 heavy (non-hydrogen) atoms. The van der Waals surface area contributed by atoms with Crippen LogP contribution in [0.4, 0.5) is 27.6 Å². The molecule has 1 aromatic carbocycles. The van der Waals surface area contributed by atoms with Crippen LogP contribution in [0.1, 0.15) is 11.3 Å².